The molecular weight excluding hydrogens is 230 g/mol. The first-order chi connectivity index (χ1) is 8.70. The molecule has 0 unspecified atom stereocenters. The topological polar surface area (TPSA) is 62.7 Å². The summed E-state index contributed by atoms with van der Waals surface area (Å²) < 4.78 is 5.18. The Morgan fingerprint density at radius 3 is 2.67 bits per heavy atom. The maximum absolute atomic E-state index is 12.2. The number of aryl methyl sites for hydroxylation is 1. The van der Waals surface area contributed by atoms with Crippen LogP contribution in [0.25, 0.3) is 0 Å². The quantitative estimate of drug-likeness (QED) is 0.855. The van der Waals surface area contributed by atoms with Crippen molar-refractivity contribution >= 4 is 5.91 Å². The minimum absolute atomic E-state index is 0.0744. The number of nitrogens with zero attached hydrogens (tertiary/aromatic N) is 2. The van der Waals surface area contributed by atoms with Gasteiger partial charge in [-0.05, 0) is 32.5 Å². The fourth-order valence-electron chi connectivity index (χ4n) is 2.23. The summed E-state index contributed by atoms with van der Waals surface area (Å²) >= 11 is 0. The van der Waals surface area contributed by atoms with Gasteiger partial charge in [0.15, 0.2) is 0 Å². The van der Waals surface area contributed by atoms with E-state index in [0.717, 1.165) is 51.4 Å². The van der Waals surface area contributed by atoms with Gasteiger partial charge in [-0.25, -0.2) is 0 Å². The summed E-state index contributed by atoms with van der Waals surface area (Å²) in [5.41, 5.74) is 6.15. The van der Waals surface area contributed by atoms with E-state index >= 15 is 0 Å². The van der Waals surface area contributed by atoms with Crippen molar-refractivity contribution in [1.29, 1.82) is 0 Å². The summed E-state index contributed by atoms with van der Waals surface area (Å²) in [7, 11) is 0. The van der Waals surface area contributed by atoms with Crippen molar-refractivity contribution in [2.75, 3.05) is 39.3 Å². The molecule has 5 nitrogen and oxygen atoms in total. The average molecular weight is 251 g/mol. The van der Waals surface area contributed by atoms with E-state index in [1.54, 1.807) is 12.3 Å². The molecule has 0 saturated carbocycles. The van der Waals surface area contributed by atoms with E-state index in [4.69, 9.17) is 10.2 Å². The summed E-state index contributed by atoms with van der Waals surface area (Å²) in [5, 5.41) is 0. The zero-order valence-corrected chi connectivity index (χ0v) is 10.9. The molecule has 0 aliphatic carbocycles. The number of nitrogens with two attached hydrogens (primary N) is 1. The molecule has 1 aromatic rings. The lowest BCUT2D eigenvalue weighted by Crippen LogP contribution is -2.49. The fraction of sp³-hybridized carbons (Fsp3) is 0.615. The van der Waals surface area contributed by atoms with Gasteiger partial charge < -0.3 is 15.1 Å². The summed E-state index contributed by atoms with van der Waals surface area (Å²) in [4.78, 5) is 16.4. The fourth-order valence-corrected chi connectivity index (χ4v) is 2.23. The van der Waals surface area contributed by atoms with Crippen molar-refractivity contribution in [3.8, 4) is 0 Å². The second-order valence-electron chi connectivity index (χ2n) is 4.72. The number of carbonyl (C=O) groups is 1. The molecule has 1 fully saturated rings. The van der Waals surface area contributed by atoms with Gasteiger partial charge >= 0.3 is 0 Å². The first-order valence-electron chi connectivity index (χ1n) is 6.47. The molecule has 1 aliphatic rings. The molecule has 0 spiro atoms. The Balaban J connectivity index is 1.84. The summed E-state index contributed by atoms with van der Waals surface area (Å²) in [5.74, 6) is 0.852. The van der Waals surface area contributed by atoms with E-state index in [1.165, 1.54) is 0 Å². The molecule has 5 heteroatoms. The number of hydrogen-bond donors (Lipinski definition) is 1. The predicted octanol–water partition coefficient (Wildman–Crippen LogP) is 0.695. The monoisotopic (exact) mass is 251 g/mol. The standard InChI is InChI=1S/C13H21N3O2/c1-11-9-12(10-18-11)13(17)16-7-5-15(6-8-16)4-2-3-14/h9-10H,2-8,14H2,1H3. The van der Waals surface area contributed by atoms with Gasteiger partial charge in [-0.2, -0.15) is 0 Å². The van der Waals surface area contributed by atoms with Crippen LogP contribution in [0.5, 0.6) is 0 Å². The van der Waals surface area contributed by atoms with Gasteiger partial charge in [0.2, 0.25) is 0 Å². The Morgan fingerprint density at radius 1 is 1.39 bits per heavy atom. The van der Waals surface area contributed by atoms with Crippen LogP contribution < -0.4 is 5.73 Å². The lowest BCUT2D eigenvalue weighted by atomic mass is 10.2. The minimum Gasteiger partial charge on any atom is -0.469 e. The van der Waals surface area contributed by atoms with Crippen molar-refractivity contribution < 1.29 is 9.21 Å². The lowest BCUT2D eigenvalue weighted by molar-refractivity contribution is 0.0636. The summed E-state index contributed by atoms with van der Waals surface area (Å²) in [6.07, 6.45) is 2.56. The molecule has 1 aromatic heterocycles. The van der Waals surface area contributed by atoms with Gasteiger partial charge in [-0.3, -0.25) is 9.69 Å². The molecule has 2 heterocycles. The van der Waals surface area contributed by atoms with E-state index in [1.807, 2.05) is 11.8 Å². The molecule has 1 amide bonds. The molecule has 2 N–H and O–H groups in total. The van der Waals surface area contributed by atoms with Crippen LogP contribution in [0.4, 0.5) is 0 Å². The molecule has 18 heavy (non-hydrogen) atoms. The molecule has 0 bridgehead atoms. The lowest BCUT2D eigenvalue weighted by Gasteiger charge is -2.34. The van der Waals surface area contributed by atoms with Gasteiger partial charge in [-0.1, -0.05) is 0 Å². The molecule has 2 rings (SSSR count). The van der Waals surface area contributed by atoms with Crippen LogP contribution in [-0.4, -0.2) is 55.0 Å². The van der Waals surface area contributed by atoms with E-state index in [2.05, 4.69) is 4.90 Å². The van der Waals surface area contributed by atoms with Crippen LogP contribution in [0.2, 0.25) is 0 Å². The molecule has 1 aliphatic heterocycles. The third kappa shape index (κ3) is 3.11. The Morgan fingerprint density at radius 2 is 2.11 bits per heavy atom. The Labute approximate surface area is 108 Å². The highest BCUT2D eigenvalue weighted by atomic mass is 16.3. The largest absolute Gasteiger partial charge is 0.469 e. The molecule has 0 aromatic carbocycles. The average Bonchev–Trinajstić information content (AvgIpc) is 2.83. The third-order valence-electron chi connectivity index (χ3n) is 3.32. The normalized spacial score (nSPS) is 17.1. The summed E-state index contributed by atoms with van der Waals surface area (Å²) in [6, 6.07) is 1.79. The van der Waals surface area contributed by atoms with E-state index in [0.29, 0.717) is 5.56 Å². The van der Waals surface area contributed by atoms with Gasteiger partial charge in [0.05, 0.1) is 5.56 Å². The van der Waals surface area contributed by atoms with Crippen molar-refractivity contribution in [3.05, 3.63) is 23.7 Å². The van der Waals surface area contributed by atoms with Crippen LogP contribution in [0, 0.1) is 6.92 Å². The number of hydrogen-bond acceptors (Lipinski definition) is 4. The minimum atomic E-state index is 0.0744. The van der Waals surface area contributed by atoms with Crippen molar-refractivity contribution in [1.82, 2.24) is 9.80 Å². The van der Waals surface area contributed by atoms with Crippen LogP contribution in [-0.2, 0) is 0 Å². The number of rotatable bonds is 4. The van der Waals surface area contributed by atoms with E-state index in [-0.39, 0.29) is 5.91 Å². The van der Waals surface area contributed by atoms with Gasteiger partial charge in [-0.15, -0.1) is 0 Å². The zero-order chi connectivity index (χ0) is 13.0. The van der Waals surface area contributed by atoms with E-state index < -0.39 is 0 Å². The molecule has 0 atom stereocenters. The maximum Gasteiger partial charge on any atom is 0.257 e. The van der Waals surface area contributed by atoms with Gasteiger partial charge in [0.25, 0.3) is 5.91 Å². The second-order valence-corrected chi connectivity index (χ2v) is 4.72. The predicted molar refractivity (Wildman–Crippen MR) is 69.5 cm³/mol. The Hall–Kier alpha value is -1.33. The van der Waals surface area contributed by atoms with Crippen LogP contribution in [0.1, 0.15) is 22.5 Å². The molecule has 0 radical (unpaired) electrons. The van der Waals surface area contributed by atoms with Crippen molar-refractivity contribution in [3.63, 3.8) is 0 Å². The van der Waals surface area contributed by atoms with Crippen molar-refractivity contribution in [2.45, 2.75) is 13.3 Å². The highest BCUT2D eigenvalue weighted by Gasteiger charge is 2.22. The number of amides is 1. The third-order valence-corrected chi connectivity index (χ3v) is 3.32. The van der Waals surface area contributed by atoms with Crippen LogP contribution in [0.3, 0.4) is 0 Å². The van der Waals surface area contributed by atoms with Crippen LogP contribution in [0.15, 0.2) is 16.7 Å². The SMILES string of the molecule is Cc1cc(C(=O)N2CCN(CCCN)CC2)co1. The molecule has 100 valence electrons. The highest BCUT2D eigenvalue weighted by molar-refractivity contribution is 5.94. The second kappa shape index (κ2) is 6.02. The first-order valence-corrected chi connectivity index (χ1v) is 6.47. The smallest absolute Gasteiger partial charge is 0.257 e. The Bertz CT molecular complexity index is 395. The van der Waals surface area contributed by atoms with Crippen molar-refractivity contribution in [2.24, 2.45) is 5.73 Å². The van der Waals surface area contributed by atoms with Gasteiger partial charge in [0, 0.05) is 26.2 Å². The van der Waals surface area contributed by atoms with Gasteiger partial charge in [0.1, 0.15) is 12.0 Å². The maximum atomic E-state index is 12.2. The zero-order valence-electron chi connectivity index (χ0n) is 10.9. The molecule has 1 saturated heterocycles. The van der Waals surface area contributed by atoms with E-state index in [9.17, 15) is 4.79 Å². The number of piperazine rings is 1. The Kier molecular flexibility index (Phi) is 4.38. The summed E-state index contributed by atoms with van der Waals surface area (Å²) in [6.45, 7) is 7.05. The number of carbonyl (C=O) groups excluding carboxylic acids is 1. The molecular formula is C13H21N3O2. The van der Waals surface area contributed by atoms with Crippen LogP contribution >= 0.6 is 0 Å². The highest BCUT2D eigenvalue weighted by Crippen LogP contribution is 2.12. The first kappa shape index (κ1) is 13.1. The number of furan rings is 1.